The SMILES string of the molecule is Cn1nc(-c2ccc(Cl)cc2)sc1=Nc1cccc(-c2nn[nH]n2)c1.Cn1nc(-c2ccc(Cl)cc2)sc1=Nc1cccc(C#N)c1. The van der Waals surface area contributed by atoms with E-state index in [0.29, 0.717) is 21.4 Å². The van der Waals surface area contributed by atoms with Gasteiger partial charge in [-0.15, -0.1) is 10.2 Å². The van der Waals surface area contributed by atoms with Gasteiger partial charge >= 0.3 is 0 Å². The van der Waals surface area contributed by atoms with Crippen LogP contribution in [0.15, 0.2) is 107 Å². The molecule has 0 atom stereocenters. The predicted octanol–water partition coefficient (Wildman–Crippen LogP) is 7.12. The molecule has 0 aliphatic heterocycles. The number of tetrazole rings is 1. The number of benzene rings is 4. The van der Waals surface area contributed by atoms with Crippen LogP contribution in [-0.4, -0.2) is 40.2 Å². The average Bonchev–Trinajstić information content (AvgIpc) is 3.84. The third-order valence-electron chi connectivity index (χ3n) is 6.47. The third kappa shape index (κ3) is 7.94. The van der Waals surface area contributed by atoms with Gasteiger partial charge in [-0.05, 0) is 59.8 Å². The Morgan fingerprint density at radius 2 is 1.23 bits per heavy atom. The monoisotopic (exact) mass is 695 g/mol. The second kappa shape index (κ2) is 14.4. The van der Waals surface area contributed by atoms with Gasteiger partial charge in [0.05, 0.1) is 23.0 Å². The summed E-state index contributed by atoms with van der Waals surface area (Å²) in [5.41, 5.74) is 4.97. The molecule has 47 heavy (non-hydrogen) atoms. The first-order valence-corrected chi connectivity index (χ1v) is 16.3. The fraction of sp³-hybridized carbons (Fsp3) is 0.0625. The molecule has 7 rings (SSSR count). The first-order valence-electron chi connectivity index (χ1n) is 13.9. The smallest absolute Gasteiger partial charge is 0.208 e. The zero-order valence-corrected chi connectivity index (χ0v) is 27.9. The maximum absolute atomic E-state index is 8.94. The van der Waals surface area contributed by atoms with Gasteiger partial charge in [0.2, 0.25) is 15.4 Å². The predicted molar refractivity (Wildman–Crippen MR) is 184 cm³/mol. The van der Waals surface area contributed by atoms with Crippen LogP contribution < -0.4 is 9.60 Å². The second-order valence-corrected chi connectivity index (χ2v) is 12.6. The molecule has 0 aliphatic rings. The van der Waals surface area contributed by atoms with Crippen molar-refractivity contribution in [1.29, 1.82) is 5.26 Å². The number of nitrogens with one attached hydrogen (secondary N) is 1. The molecule has 1 N–H and O–H groups in total. The summed E-state index contributed by atoms with van der Waals surface area (Å²) in [5, 5.41) is 35.1. The van der Waals surface area contributed by atoms with Gasteiger partial charge in [-0.3, -0.25) is 0 Å². The molecule has 7 aromatic rings. The number of hydrogen-bond acceptors (Lipinski definition) is 10. The molecule has 3 heterocycles. The third-order valence-corrected chi connectivity index (χ3v) is 9.07. The highest BCUT2D eigenvalue weighted by molar-refractivity contribution is 7.12. The van der Waals surface area contributed by atoms with Gasteiger partial charge in [0.25, 0.3) is 0 Å². The quantitative estimate of drug-likeness (QED) is 0.203. The maximum Gasteiger partial charge on any atom is 0.208 e. The lowest BCUT2D eigenvalue weighted by Gasteiger charge is -1.96. The van der Waals surface area contributed by atoms with E-state index in [1.165, 1.54) is 22.7 Å². The van der Waals surface area contributed by atoms with E-state index in [9.17, 15) is 0 Å². The molecule has 3 aromatic heterocycles. The first-order chi connectivity index (χ1) is 22.8. The van der Waals surface area contributed by atoms with Crippen molar-refractivity contribution in [2.24, 2.45) is 24.1 Å². The summed E-state index contributed by atoms with van der Waals surface area (Å²) >= 11 is 14.8. The van der Waals surface area contributed by atoms with E-state index in [1.807, 2.05) is 99.0 Å². The maximum atomic E-state index is 8.94. The number of hydrogen-bond donors (Lipinski definition) is 1. The van der Waals surface area contributed by atoms with Crippen molar-refractivity contribution in [3.05, 3.63) is 122 Å². The van der Waals surface area contributed by atoms with Crippen LogP contribution in [0.4, 0.5) is 11.4 Å². The zero-order valence-electron chi connectivity index (χ0n) is 24.8. The molecule has 0 saturated carbocycles. The van der Waals surface area contributed by atoms with Crippen LogP contribution in [0.5, 0.6) is 0 Å². The van der Waals surface area contributed by atoms with E-state index in [0.717, 1.165) is 47.7 Å². The summed E-state index contributed by atoms with van der Waals surface area (Å²) in [6.07, 6.45) is 0. The van der Waals surface area contributed by atoms with E-state index in [-0.39, 0.29) is 0 Å². The van der Waals surface area contributed by atoms with E-state index < -0.39 is 0 Å². The Hall–Kier alpha value is -5.26. The number of halogens is 2. The minimum atomic E-state index is 0.535. The molecular formula is C32H23Cl2N11S2. The fourth-order valence-corrected chi connectivity index (χ4v) is 6.26. The Bertz CT molecular complexity index is 2310. The standard InChI is InChI=1S/C16H12ClN7S.C16H11ClN4S/c1-24-16(25-15(21-24)10-5-7-12(17)8-6-10)18-13-4-2-3-11(9-13)14-19-22-23-20-14;1-21-16(19-14-4-2-3-11(9-14)10-18)22-15(20-21)12-5-7-13(17)8-6-12/h2-9H,1H3,(H,19,20,22,23);2-9H,1H3. The van der Waals surface area contributed by atoms with Crippen molar-refractivity contribution in [1.82, 2.24) is 40.2 Å². The molecular weight excluding hydrogens is 673 g/mol. The van der Waals surface area contributed by atoms with Crippen LogP contribution in [0.3, 0.4) is 0 Å². The molecule has 15 heteroatoms. The Labute approximate surface area is 286 Å². The van der Waals surface area contributed by atoms with Crippen molar-refractivity contribution in [3.63, 3.8) is 0 Å². The number of nitrogens with zero attached hydrogens (tertiary/aromatic N) is 10. The van der Waals surface area contributed by atoms with Crippen molar-refractivity contribution < 1.29 is 0 Å². The number of nitriles is 1. The first kappa shape index (κ1) is 31.7. The van der Waals surface area contributed by atoms with Gasteiger partial charge in [-0.25, -0.2) is 19.3 Å². The summed E-state index contributed by atoms with van der Waals surface area (Å²) in [5.74, 6) is 0.535. The molecule has 0 unspecified atom stereocenters. The number of H-pyrrole nitrogens is 1. The van der Waals surface area contributed by atoms with Gasteiger partial charge in [0.1, 0.15) is 10.0 Å². The molecule has 0 bridgehead atoms. The summed E-state index contributed by atoms with van der Waals surface area (Å²) in [6, 6.07) is 32.1. The molecule has 0 saturated heterocycles. The van der Waals surface area contributed by atoms with Gasteiger partial charge in [-0.2, -0.15) is 20.7 Å². The number of aryl methyl sites for hydroxylation is 2. The number of rotatable bonds is 5. The lowest BCUT2D eigenvalue weighted by atomic mass is 10.2. The minimum absolute atomic E-state index is 0.535. The molecule has 0 fully saturated rings. The fourth-order valence-electron chi connectivity index (χ4n) is 4.18. The Morgan fingerprint density at radius 1 is 0.702 bits per heavy atom. The summed E-state index contributed by atoms with van der Waals surface area (Å²) in [4.78, 5) is 10.8. The minimum Gasteiger partial charge on any atom is -0.241 e. The molecule has 232 valence electrons. The molecule has 4 aromatic carbocycles. The average molecular weight is 697 g/mol. The Balaban J connectivity index is 0.000000166. The summed E-state index contributed by atoms with van der Waals surface area (Å²) < 4.78 is 3.49. The largest absolute Gasteiger partial charge is 0.241 e. The van der Waals surface area contributed by atoms with E-state index in [2.05, 4.69) is 46.9 Å². The number of aromatic nitrogens is 8. The highest BCUT2D eigenvalue weighted by Gasteiger charge is 2.08. The zero-order chi connectivity index (χ0) is 32.8. The molecule has 0 aliphatic carbocycles. The molecule has 0 spiro atoms. The molecule has 0 radical (unpaired) electrons. The highest BCUT2D eigenvalue weighted by Crippen LogP contribution is 2.24. The second-order valence-electron chi connectivity index (χ2n) is 9.81. The van der Waals surface area contributed by atoms with Crippen LogP contribution in [0.2, 0.25) is 10.0 Å². The van der Waals surface area contributed by atoms with Crippen LogP contribution in [0, 0.1) is 11.3 Å². The Kier molecular flexibility index (Phi) is 9.75. The van der Waals surface area contributed by atoms with Gasteiger partial charge in [0.15, 0.2) is 0 Å². The van der Waals surface area contributed by atoms with Gasteiger partial charge in [-0.1, -0.05) is 88.3 Å². The van der Waals surface area contributed by atoms with E-state index in [1.54, 1.807) is 21.5 Å². The van der Waals surface area contributed by atoms with Crippen molar-refractivity contribution >= 4 is 57.3 Å². The van der Waals surface area contributed by atoms with Crippen LogP contribution in [0.25, 0.3) is 32.5 Å². The van der Waals surface area contributed by atoms with E-state index in [4.69, 9.17) is 28.5 Å². The topological polar surface area (TPSA) is 139 Å². The lowest BCUT2D eigenvalue weighted by molar-refractivity contribution is 0.732. The van der Waals surface area contributed by atoms with Crippen molar-refractivity contribution in [2.45, 2.75) is 0 Å². The normalized spacial score (nSPS) is 11.6. The van der Waals surface area contributed by atoms with Gasteiger partial charge in [0, 0.05) is 40.8 Å². The summed E-state index contributed by atoms with van der Waals surface area (Å²) in [6.45, 7) is 0. The van der Waals surface area contributed by atoms with Crippen LogP contribution >= 0.6 is 45.9 Å². The van der Waals surface area contributed by atoms with Gasteiger partial charge < -0.3 is 0 Å². The van der Waals surface area contributed by atoms with Crippen molar-refractivity contribution in [2.75, 3.05) is 0 Å². The number of aromatic amines is 1. The van der Waals surface area contributed by atoms with Crippen LogP contribution in [0.1, 0.15) is 5.56 Å². The Morgan fingerprint density at radius 3 is 1.74 bits per heavy atom. The lowest BCUT2D eigenvalue weighted by Crippen LogP contribution is -2.10. The van der Waals surface area contributed by atoms with Crippen molar-refractivity contribution in [3.8, 4) is 38.6 Å². The molecule has 0 amide bonds. The highest BCUT2D eigenvalue weighted by atomic mass is 35.5. The molecule has 11 nitrogen and oxygen atoms in total. The summed E-state index contributed by atoms with van der Waals surface area (Å²) in [7, 11) is 3.72. The van der Waals surface area contributed by atoms with Crippen LogP contribution in [-0.2, 0) is 14.1 Å². The van der Waals surface area contributed by atoms with E-state index >= 15 is 0 Å².